The van der Waals surface area contributed by atoms with Crippen molar-refractivity contribution in [3.8, 4) is 0 Å². The summed E-state index contributed by atoms with van der Waals surface area (Å²) >= 11 is 0. The first-order valence-electron chi connectivity index (χ1n) is 5.15. The average molecular weight is 186 g/mol. The molecule has 0 bridgehead atoms. The minimum Gasteiger partial charge on any atom is -0.465 e. The van der Waals surface area contributed by atoms with Crippen molar-refractivity contribution in [2.75, 3.05) is 6.61 Å². The number of hydrogen-bond acceptors (Lipinski definition) is 2. The standard InChI is InChI=1S/C11H22O2/c1-6-10(9(4)5)11(12)13-7-8(2)3/h8-10H,6-7H2,1-5H3. The van der Waals surface area contributed by atoms with Crippen LogP contribution in [0.3, 0.4) is 0 Å². The highest BCUT2D eigenvalue weighted by Gasteiger charge is 2.21. The van der Waals surface area contributed by atoms with E-state index in [2.05, 4.69) is 13.8 Å². The highest BCUT2D eigenvalue weighted by atomic mass is 16.5. The normalized spacial score (nSPS) is 13.5. The fourth-order valence-electron chi connectivity index (χ4n) is 1.27. The van der Waals surface area contributed by atoms with E-state index in [0.29, 0.717) is 18.4 Å². The fraction of sp³-hybridized carbons (Fsp3) is 0.909. The van der Waals surface area contributed by atoms with E-state index >= 15 is 0 Å². The molecule has 0 spiro atoms. The molecule has 2 heteroatoms. The molecule has 13 heavy (non-hydrogen) atoms. The first-order chi connectivity index (χ1) is 5.99. The number of hydrogen-bond donors (Lipinski definition) is 0. The zero-order chi connectivity index (χ0) is 10.4. The Morgan fingerprint density at radius 3 is 2.08 bits per heavy atom. The van der Waals surface area contributed by atoms with Gasteiger partial charge in [0, 0.05) is 0 Å². The van der Waals surface area contributed by atoms with Crippen LogP contribution < -0.4 is 0 Å². The van der Waals surface area contributed by atoms with Gasteiger partial charge in [-0.3, -0.25) is 4.79 Å². The molecular formula is C11H22O2. The number of carbonyl (C=O) groups excluding carboxylic acids is 1. The molecule has 0 saturated heterocycles. The Kier molecular flexibility index (Phi) is 5.76. The predicted molar refractivity (Wildman–Crippen MR) is 54.4 cm³/mol. The molecule has 0 radical (unpaired) electrons. The third-order valence-corrected chi connectivity index (χ3v) is 2.11. The maximum atomic E-state index is 11.5. The molecule has 0 fully saturated rings. The Bertz CT molecular complexity index is 150. The van der Waals surface area contributed by atoms with Crippen molar-refractivity contribution in [1.29, 1.82) is 0 Å². The van der Waals surface area contributed by atoms with Gasteiger partial charge in [0.15, 0.2) is 0 Å². The van der Waals surface area contributed by atoms with Crippen molar-refractivity contribution in [3.05, 3.63) is 0 Å². The van der Waals surface area contributed by atoms with Gasteiger partial charge in [-0.1, -0.05) is 34.6 Å². The molecule has 1 unspecified atom stereocenters. The lowest BCUT2D eigenvalue weighted by atomic mass is 9.93. The van der Waals surface area contributed by atoms with E-state index in [4.69, 9.17) is 4.74 Å². The van der Waals surface area contributed by atoms with Gasteiger partial charge in [-0.05, 0) is 18.3 Å². The Morgan fingerprint density at radius 2 is 1.77 bits per heavy atom. The molecule has 0 heterocycles. The van der Waals surface area contributed by atoms with Crippen molar-refractivity contribution >= 4 is 5.97 Å². The van der Waals surface area contributed by atoms with Gasteiger partial charge in [-0.15, -0.1) is 0 Å². The first kappa shape index (κ1) is 12.5. The summed E-state index contributed by atoms with van der Waals surface area (Å²) in [6.07, 6.45) is 0.870. The summed E-state index contributed by atoms with van der Waals surface area (Å²) < 4.78 is 5.18. The lowest BCUT2D eigenvalue weighted by Gasteiger charge is -2.18. The number of rotatable bonds is 5. The van der Waals surface area contributed by atoms with E-state index in [-0.39, 0.29) is 11.9 Å². The lowest BCUT2D eigenvalue weighted by Crippen LogP contribution is -2.23. The van der Waals surface area contributed by atoms with Crippen LogP contribution in [0.5, 0.6) is 0 Å². The van der Waals surface area contributed by atoms with E-state index in [0.717, 1.165) is 6.42 Å². The van der Waals surface area contributed by atoms with Crippen molar-refractivity contribution < 1.29 is 9.53 Å². The zero-order valence-electron chi connectivity index (χ0n) is 9.46. The highest BCUT2D eigenvalue weighted by Crippen LogP contribution is 2.16. The molecule has 0 saturated carbocycles. The Labute approximate surface area is 81.7 Å². The van der Waals surface area contributed by atoms with Crippen LogP contribution in [0.25, 0.3) is 0 Å². The van der Waals surface area contributed by atoms with Gasteiger partial charge in [0.05, 0.1) is 12.5 Å². The third kappa shape index (κ3) is 4.91. The molecule has 0 rings (SSSR count). The van der Waals surface area contributed by atoms with Crippen LogP contribution in [0.15, 0.2) is 0 Å². The molecule has 0 N–H and O–H groups in total. The minimum absolute atomic E-state index is 0.0359. The molecule has 0 aromatic carbocycles. The topological polar surface area (TPSA) is 26.3 Å². The van der Waals surface area contributed by atoms with Crippen LogP contribution in [-0.2, 0) is 9.53 Å². The second kappa shape index (κ2) is 6.01. The molecular weight excluding hydrogens is 164 g/mol. The molecule has 1 atom stereocenters. The van der Waals surface area contributed by atoms with Crippen LogP contribution in [0.1, 0.15) is 41.0 Å². The van der Waals surface area contributed by atoms with E-state index in [1.807, 2.05) is 20.8 Å². The van der Waals surface area contributed by atoms with Crippen LogP contribution in [0.4, 0.5) is 0 Å². The zero-order valence-corrected chi connectivity index (χ0v) is 9.46. The van der Waals surface area contributed by atoms with Gasteiger partial charge in [0.2, 0.25) is 0 Å². The Morgan fingerprint density at radius 1 is 1.23 bits per heavy atom. The van der Waals surface area contributed by atoms with Gasteiger partial charge < -0.3 is 4.74 Å². The van der Waals surface area contributed by atoms with Crippen molar-refractivity contribution in [2.45, 2.75) is 41.0 Å². The van der Waals surface area contributed by atoms with Crippen molar-refractivity contribution in [2.24, 2.45) is 17.8 Å². The van der Waals surface area contributed by atoms with Gasteiger partial charge in [-0.2, -0.15) is 0 Å². The van der Waals surface area contributed by atoms with Gasteiger partial charge in [0.1, 0.15) is 0 Å². The molecule has 0 aromatic rings. The number of carbonyl (C=O) groups is 1. The fourth-order valence-corrected chi connectivity index (χ4v) is 1.27. The summed E-state index contributed by atoms with van der Waals surface area (Å²) in [5, 5.41) is 0. The summed E-state index contributed by atoms with van der Waals surface area (Å²) in [5.41, 5.74) is 0. The van der Waals surface area contributed by atoms with Crippen LogP contribution >= 0.6 is 0 Å². The Hall–Kier alpha value is -0.530. The number of esters is 1. The molecule has 0 amide bonds. The summed E-state index contributed by atoms with van der Waals surface area (Å²) in [7, 11) is 0. The molecule has 0 aliphatic heterocycles. The second-order valence-electron chi connectivity index (χ2n) is 4.28. The van der Waals surface area contributed by atoms with E-state index in [1.165, 1.54) is 0 Å². The predicted octanol–water partition coefficient (Wildman–Crippen LogP) is 2.87. The number of ether oxygens (including phenoxy) is 1. The third-order valence-electron chi connectivity index (χ3n) is 2.11. The monoisotopic (exact) mass is 186 g/mol. The Balaban J connectivity index is 3.92. The smallest absolute Gasteiger partial charge is 0.309 e. The summed E-state index contributed by atoms with van der Waals surface area (Å²) in [6.45, 7) is 10.8. The van der Waals surface area contributed by atoms with Crippen molar-refractivity contribution in [3.63, 3.8) is 0 Å². The van der Waals surface area contributed by atoms with Gasteiger partial charge in [0.25, 0.3) is 0 Å². The SMILES string of the molecule is CCC(C(=O)OCC(C)C)C(C)C. The first-order valence-corrected chi connectivity index (χ1v) is 5.15. The van der Waals surface area contributed by atoms with E-state index in [1.54, 1.807) is 0 Å². The molecule has 0 aromatic heterocycles. The molecule has 78 valence electrons. The summed E-state index contributed by atoms with van der Waals surface area (Å²) in [4.78, 5) is 11.5. The molecule has 0 aliphatic rings. The van der Waals surface area contributed by atoms with Crippen LogP contribution in [0.2, 0.25) is 0 Å². The minimum atomic E-state index is -0.0359. The highest BCUT2D eigenvalue weighted by molar-refractivity contribution is 5.72. The van der Waals surface area contributed by atoms with Gasteiger partial charge >= 0.3 is 5.97 Å². The van der Waals surface area contributed by atoms with E-state index in [9.17, 15) is 4.79 Å². The van der Waals surface area contributed by atoms with Crippen LogP contribution in [0, 0.1) is 17.8 Å². The van der Waals surface area contributed by atoms with E-state index < -0.39 is 0 Å². The second-order valence-corrected chi connectivity index (χ2v) is 4.28. The molecule has 2 nitrogen and oxygen atoms in total. The van der Waals surface area contributed by atoms with Gasteiger partial charge in [-0.25, -0.2) is 0 Å². The average Bonchev–Trinajstić information content (AvgIpc) is 2.01. The maximum absolute atomic E-state index is 11.5. The molecule has 0 aliphatic carbocycles. The summed E-state index contributed by atoms with van der Waals surface area (Å²) in [5.74, 6) is 0.836. The quantitative estimate of drug-likeness (QED) is 0.617. The summed E-state index contributed by atoms with van der Waals surface area (Å²) in [6, 6.07) is 0. The largest absolute Gasteiger partial charge is 0.465 e. The van der Waals surface area contributed by atoms with Crippen LogP contribution in [-0.4, -0.2) is 12.6 Å². The lowest BCUT2D eigenvalue weighted by molar-refractivity contribution is -0.151. The van der Waals surface area contributed by atoms with Crippen molar-refractivity contribution in [1.82, 2.24) is 0 Å². The maximum Gasteiger partial charge on any atom is 0.309 e.